The number of aliphatic hydroxyl groups is 1. The van der Waals surface area contributed by atoms with Gasteiger partial charge in [0.05, 0.1) is 13.2 Å². The van der Waals surface area contributed by atoms with E-state index in [1.165, 1.54) is 0 Å². The number of nitrogens with zero attached hydrogens (tertiary/aromatic N) is 2. The number of aromatic nitrogens is 2. The number of benzene rings is 1. The first kappa shape index (κ1) is 13.9. The van der Waals surface area contributed by atoms with Crippen molar-refractivity contribution in [3.8, 4) is 11.5 Å². The summed E-state index contributed by atoms with van der Waals surface area (Å²) in [5.74, 6) is 2.88. The predicted molar refractivity (Wildman–Crippen MR) is 74.1 cm³/mol. The monoisotopic (exact) mass is 290 g/mol. The molecule has 3 rings (SSSR count). The summed E-state index contributed by atoms with van der Waals surface area (Å²) in [5.41, 5.74) is 0.779. The normalized spacial score (nSPS) is 14.2. The third kappa shape index (κ3) is 3.33. The van der Waals surface area contributed by atoms with Crippen LogP contribution in [0.25, 0.3) is 0 Å². The molecule has 1 N–H and O–H groups in total. The Balaban J connectivity index is 1.67. The minimum atomic E-state index is -0.0318. The van der Waals surface area contributed by atoms with Crippen LogP contribution in [0.15, 0.2) is 22.7 Å². The lowest BCUT2D eigenvalue weighted by Crippen LogP contribution is -2.01. The molecular formula is C15H18N2O4. The molecule has 6 nitrogen and oxygen atoms in total. The van der Waals surface area contributed by atoms with E-state index in [-0.39, 0.29) is 13.2 Å². The van der Waals surface area contributed by atoms with Crippen LogP contribution >= 0.6 is 0 Å². The molecule has 0 spiro atoms. The maximum Gasteiger partial charge on any atom is 0.229 e. The van der Waals surface area contributed by atoms with E-state index in [2.05, 4.69) is 10.1 Å². The molecule has 1 saturated carbocycles. The summed E-state index contributed by atoms with van der Waals surface area (Å²) in [4.78, 5) is 4.31. The Morgan fingerprint density at radius 1 is 1.29 bits per heavy atom. The van der Waals surface area contributed by atoms with Crippen molar-refractivity contribution in [1.29, 1.82) is 0 Å². The second-order valence-electron chi connectivity index (χ2n) is 4.98. The second kappa shape index (κ2) is 6.13. The standard InChI is InChI=1S/C15H18N2O4/c1-2-19-13-7-10(8-18)3-6-12(13)20-9-14-16-15(21-17-14)11-4-5-11/h3,6-7,11,18H,2,4-5,8-9H2,1H3. The molecule has 21 heavy (non-hydrogen) atoms. The lowest BCUT2D eigenvalue weighted by Gasteiger charge is -2.11. The van der Waals surface area contributed by atoms with Crippen molar-refractivity contribution in [3.05, 3.63) is 35.5 Å². The summed E-state index contributed by atoms with van der Waals surface area (Å²) in [6.07, 6.45) is 2.25. The van der Waals surface area contributed by atoms with Gasteiger partial charge in [-0.15, -0.1) is 0 Å². The lowest BCUT2D eigenvalue weighted by atomic mass is 10.2. The van der Waals surface area contributed by atoms with E-state index in [0.717, 1.165) is 18.4 Å². The Hall–Kier alpha value is -2.08. The average molecular weight is 290 g/mol. The third-order valence-electron chi connectivity index (χ3n) is 3.26. The molecule has 0 radical (unpaired) electrons. The van der Waals surface area contributed by atoms with Crippen LogP contribution < -0.4 is 9.47 Å². The van der Waals surface area contributed by atoms with Crippen LogP contribution in [-0.2, 0) is 13.2 Å². The predicted octanol–water partition coefficient (Wildman–Crippen LogP) is 2.42. The minimum Gasteiger partial charge on any atom is -0.490 e. The zero-order valence-corrected chi connectivity index (χ0v) is 11.9. The highest BCUT2D eigenvalue weighted by molar-refractivity contribution is 5.42. The molecule has 6 heteroatoms. The highest BCUT2D eigenvalue weighted by atomic mass is 16.5. The van der Waals surface area contributed by atoms with Gasteiger partial charge in [0.1, 0.15) is 0 Å². The first-order valence-electron chi connectivity index (χ1n) is 7.12. The van der Waals surface area contributed by atoms with E-state index in [0.29, 0.717) is 35.7 Å². The molecule has 1 aliphatic rings. The second-order valence-corrected chi connectivity index (χ2v) is 4.98. The van der Waals surface area contributed by atoms with Crippen molar-refractivity contribution in [2.24, 2.45) is 0 Å². The minimum absolute atomic E-state index is 0.0318. The zero-order valence-electron chi connectivity index (χ0n) is 11.9. The first-order valence-corrected chi connectivity index (χ1v) is 7.12. The quantitative estimate of drug-likeness (QED) is 0.843. The number of aliphatic hydroxyl groups excluding tert-OH is 1. The van der Waals surface area contributed by atoms with Gasteiger partial charge in [-0.25, -0.2) is 0 Å². The van der Waals surface area contributed by atoms with Gasteiger partial charge in [-0.2, -0.15) is 4.98 Å². The zero-order chi connectivity index (χ0) is 14.7. The highest BCUT2D eigenvalue weighted by Crippen LogP contribution is 2.39. The summed E-state index contributed by atoms with van der Waals surface area (Å²) in [6, 6.07) is 5.34. The fourth-order valence-corrected chi connectivity index (χ4v) is 2.00. The van der Waals surface area contributed by atoms with E-state index in [1.807, 2.05) is 6.92 Å². The number of ether oxygens (including phenoxy) is 2. The molecule has 1 aliphatic carbocycles. The Bertz CT molecular complexity index is 607. The van der Waals surface area contributed by atoms with Gasteiger partial charge in [-0.1, -0.05) is 11.2 Å². The van der Waals surface area contributed by atoms with Crippen molar-refractivity contribution in [3.63, 3.8) is 0 Å². The summed E-state index contributed by atoms with van der Waals surface area (Å²) in [6.45, 7) is 2.63. The van der Waals surface area contributed by atoms with Gasteiger partial charge >= 0.3 is 0 Å². The molecule has 0 amide bonds. The van der Waals surface area contributed by atoms with Gasteiger partial charge in [0, 0.05) is 5.92 Å². The van der Waals surface area contributed by atoms with Crippen molar-refractivity contribution < 1.29 is 19.1 Å². The molecule has 112 valence electrons. The van der Waals surface area contributed by atoms with Crippen LogP contribution in [0, 0.1) is 0 Å². The number of rotatable bonds is 7. The van der Waals surface area contributed by atoms with Gasteiger partial charge in [-0.3, -0.25) is 0 Å². The molecule has 2 aromatic rings. The Morgan fingerprint density at radius 3 is 2.86 bits per heavy atom. The largest absolute Gasteiger partial charge is 0.490 e. The molecule has 1 aromatic heterocycles. The molecule has 1 aromatic carbocycles. The number of hydrogen-bond donors (Lipinski definition) is 1. The first-order chi connectivity index (χ1) is 10.3. The molecule has 1 heterocycles. The van der Waals surface area contributed by atoms with Gasteiger partial charge < -0.3 is 19.1 Å². The van der Waals surface area contributed by atoms with E-state index in [1.54, 1.807) is 18.2 Å². The van der Waals surface area contributed by atoms with Crippen LogP contribution in [-0.4, -0.2) is 21.9 Å². The van der Waals surface area contributed by atoms with Crippen molar-refractivity contribution >= 4 is 0 Å². The van der Waals surface area contributed by atoms with Crippen LogP contribution in [0.2, 0.25) is 0 Å². The molecule has 1 fully saturated rings. The molecule has 0 atom stereocenters. The summed E-state index contributed by atoms with van der Waals surface area (Å²) < 4.78 is 16.4. The van der Waals surface area contributed by atoms with Crippen LogP contribution in [0.1, 0.15) is 43.0 Å². The maximum absolute atomic E-state index is 9.16. The highest BCUT2D eigenvalue weighted by Gasteiger charge is 2.29. The molecule has 0 unspecified atom stereocenters. The van der Waals surface area contributed by atoms with Crippen molar-refractivity contribution in [2.45, 2.75) is 38.9 Å². The summed E-state index contributed by atoms with van der Waals surface area (Å²) in [7, 11) is 0. The summed E-state index contributed by atoms with van der Waals surface area (Å²) in [5, 5.41) is 13.1. The van der Waals surface area contributed by atoms with E-state index in [4.69, 9.17) is 19.1 Å². The molecule has 0 saturated heterocycles. The average Bonchev–Trinajstić information content (AvgIpc) is 3.25. The molecule has 0 bridgehead atoms. The topological polar surface area (TPSA) is 77.6 Å². The molecular weight excluding hydrogens is 272 g/mol. The maximum atomic E-state index is 9.16. The van der Waals surface area contributed by atoms with E-state index < -0.39 is 0 Å². The third-order valence-corrected chi connectivity index (χ3v) is 3.26. The Kier molecular flexibility index (Phi) is 4.06. The fraction of sp³-hybridized carbons (Fsp3) is 0.467. The van der Waals surface area contributed by atoms with E-state index >= 15 is 0 Å². The molecule has 0 aliphatic heterocycles. The SMILES string of the molecule is CCOc1cc(CO)ccc1OCc1noc(C2CC2)n1. The van der Waals surface area contributed by atoms with E-state index in [9.17, 15) is 0 Å². The van der Waals surface area contributed by atoms with Gasteiger partial charge in [-0.05, 0) is 37.5 Å². The van der Waals surface area contributed by atoms with Gasteiger partial charge in [0.25, 0.3) is 0 Å². The van der Waals surface area contributed by atoms with Gasteiger partial charge in [0.15, 0.2) is 18.1 Å². The fourth-order valence-electron chi connectivity index (χ4n) is 2.00. The Morgan fingerprint density at radius 2 is 2.14 bits per heavy atom. The number of hydrogen-bond acceptors (Lipinski definition) is 6. The lowest BCUT2D eigenvalue weighted by molar-refractivity contribution is 0.255. The Labute approximate surface area is 122 Å². The van der Waals surface area contributed by atoms with Crippen molar-refractivity contribution in [1.82, 2.24) is 10.1 Å². The van der Waals surface area contributed by atoms with Crippen molar-refractivity contribution in [2.75, 3.05) is 6.61 Å². The smallest absolute Gasteiger partial charge is 0.229 e. The van der Waals surface area contributed by atoms with Crippen LogP contribution in [0.3, 0.4) is 0 Å². The van der Waals surface area contributed by atoms with Crippen LogP contribution in [0.5, 0.6) is 11.5 Å². The summed E-state index contributed by atoms with van der Waals surface area (Å²) >= 11 is 0. The van der Waals surface area contributed by atoms with Gasteiger partial charge in [0.2, 0.25) is 11.7 Å². The van der Waals surface area contributed by atoms with Crippen LogP contribution in [0.4, 0.5) is 0 Å².